The van der Waals surface area contributed by atoms with E-state index in [2.05, 4.69) is 16.8 Å². The summed E-state index contributed by atoms with van der Waals surface area (Å²) in [6.07, 6.45) is 5.08. The Bertz CT molecular complexity index is 290. The van der Waals surface area contributed by atoms with Crippen LogP contribution in [0.2, 0.25) is 0 Å². The van der Waals surface area contributed by atoms with Crippen LogP contribution >= 0.6 is 0 Å². The molecule has 2 aliphatic rings. The fraction of sp³-hybridized carbons (Fsp3) is 0.929. The van der Waals surface area contributed by atoms with Gasteiger partial charge >= 0.3 is 5.97 Å². The lowest BCUT2D eigenvalue weighted by Gasteiger charge is -2.41. The highest BCUT2D eigenvalue weighted by Gasteiger charge is 2.27. The average Bonchev–Trinajstić information content (AvgIpc) is 2.39. The summed E-state index contributed by atoms with van der Waals surface area (Å²) in [4.78, 5) is 15.4. The average molecular weight is 270 g/mol. The summed E-state index contributed by atoms with van der Waals surface area (Å²) >= 11 is 0. The van der Waals surface area contributed by atoms with Crippen molar-refractivity contribution in [3.63, 3.8) is 0 Å². The number of rotatable bonds is 5. The van der Waals surface area contributed by atoms with Gasteiger partial charge in [0, 0.05) is 25.7 Å². The number of hydrogen-bond donors (Lipinski definition) is 1. The fourth-order valence-electron chi connectivity index (χ4n) is 3.16. The molecule has 0 aromatic carbocycles. The maximum Gasteiger partial charge on any atom is 0.305 e. The van der Waals surface area contributed by atoms with Crippen molar-refractivity contribution >= 4 is 5.97 Å². The molecule has 19 heavy (non-hydrogen) atoms. The van der Waals surface area contributed by atoms with E-state index in [4.69, 9.17) is 9.84 Å². The van der Waals surface area contributed by atoms with Gasteiger partial charge in [-0.05, 0) is 39.3 Å². The molecule has 2 rings (SSSR count). The van der Waals surface area contributed by atoms with Crippen molar-refractivity contribution in [1.29, 1.82) is 0 Å². The Morgan fingerprint density at radius 3 is 2.63 bits per heavy atom. The summed E-state index contributed by atoms with van der Waals surface area (Å²) in [6.45, 7) is 4.95. The molecule has 2 heterocycles. The second kappa shape index (κ2) is 7.22. The Hall–Kier alpha value is -0.650. The molecule has 110 valence electrons. The lowest BCUT2D eigenvalue weighted by atomic mass is 10.00. The minimum atomic E-state index is -0.775. The highest BCUT2D eigenvalue weighted by atomic mass is 16.5. The van der Waals surface area contributed by atoms with Gasteiger partial charge in [-0.1, -0.05) is 0 Å². The van der Waals surface area contributed by atoms with E-state index >= 15 is 0 Å². The topological polar surface area (TPSA) is 53.0 Å². The maximum absolute atomic E-state index is 10.4. The molecule has 1 N–H and O–H groups in total. The van der Waals surface area contributed by atoms with Gasteiger partial charge in [0.1, 0.15) is 0 Å². The van der Waals surface area contributed by atoms with E-state index < -0.39 is 5.97 Å². The molecule has 1 atom stereocenters. The fourth-order valence-corrected chi connectivity index (χ4v) is 3.16. The number of aliphatic carboxylic acids is 1. The van der Waals surface area contributed by atoms with E-state index in [0.717, 1.165) is 25.9 Å². The lowest BCUT2D eigenvalue weighted by Crippen LogP contribution is -2.50. The monoisotopic (exact) mass is 270 g/mol. The molecule has 0 aromatic heterocycles. The van der Waals surface area contributed by atoms with Gasteiger partial charge in [0.15, 0.2) is 0 Å². The number of hydrogen-bond acceptors (Lipinski definition) is 4. The van der Waals surface area contributed by atoms with Crippen LogP contribution in [0, 0.1) is 0 Å². The summed E-state index contributed by atoms with van der Waals surface area (Å²) in [5, 5.41) is 8.59. The molecular formula is C14H26N2O3. The van der Waals surface area contributed by atoms with Gasteiger partial charge in [-0.25, -0.2) is 0 Å². The van der Waals surface area contributed by atoms with Crippen molar-refractivity contribution in [1.82, 2.24) is 9.80 Å². The minimum absolute atomic E-state index is 0.119. The number of carboxylic acid groups (broad SMARTS) is 1. The van der Waals surface area contributed by atoms with Crippen LogP contribution in [-0.2, 0) is 9.53 Å². The van der Waals surface area contributed by atoms with Gasteiger partial charge in [0.2, 0.25) is 0 Å². The second-order valence-corrected chi connectivity index (χ2v) is 5.81. The smallest absolute Gasteiger partial charge is 0.305 e. The summed E-state index contributed by atoms with van der Waals surface area (Å²) in [5.41, 5.74) is 0. The maximum atomic E-state index is 10.4. The first-order chi connectivity index (χ1) is 9.15. The number of ether oxygens (including phenoxy) is 1. The first-order valence-electron chi connectivity index (χ1n) is 7.41. The zero-order valence-corrected chi connectivity index (χ0v) is 11.9. The number of carbonyl (C=O) groups is 1. The summed E-state index contributed by atoms with van der Waals surface area (Å²) < 4.78 is 5.63. The standard InChI is InChI=1S/C14H26N2O3/c1-15-7-2-3-12(11-15)16-8-4-13(5-9-16)19-10-6-14(17)18/h12-13H,2-11H2,1H3,(H,17,18). The number of carboxylic acids is 1. The van der Waals surface area contributed by atoms with E-state index in [0.29, 0.717) is 12.6 Å². The largest absolute Gasteiger partial charge is 0.481 e. The molecule has 2 saturated heterocycles. The van der Waals surface area contributed by atoms with Crippen molar-refractivity contribution in [3.8, 4) is 0 Å². The Morgan fingerprint density at radius 2 is 2.00 bits per heavy atom. The van der Waals surface area contributed by atoms with Crippen molar-refractivity contribution in [2.45, 2.75) is 44.2 Å². The molecule has 0 amide bonds. The third kappa shape index (κ3) is 4.75. The Kier molecular flexibility index (Phi) is 5.60. The van der Waals surface area contributed by atoms with E-state index in [1.165, 1.54) is 25.9 Å². The second-order valence-electron chi connectivity index (χ2n) is 5.81. The Morgan fingerprint density at radius 1 is 1.26 bits per heavy atom. The van der Waals surface area contributed by atoms with Crippen LogP contribution < -0.4 is 0 Å². The number of nitrogens with zero attached hydrogens (tertiary/aromatic N) is 2. The summed E-state index contributed by atoms with van der Waals surface area (Å²) in [5.74, 6) is -0.775. The summed E-state index contributed by atoms with van der Waals surface area (Å²) in [6, 6.07) is 0.707. The number of piperidine rings is 2. The van der Waals surface area contributed by atoms with Gasteiger partial charge in [0.25, 0.3) is 0 Å². The third-order valence-corrected chi connectivity index (χ3v) is 4.26. The van der Waals surface area contributed by atoms with Crippen molar-refractivity contribution < 1.29 is 14.6 Å². The highest BCUT2D eigenvalue weighted by molar-refractivity contribution is 5.66. The van der Waals surface area contributed by atoms with E-state index in [9.17, 15) is 4.79 Å². The van der Waals surface area contributed by atoms with E-state index in [-0.39, 0.29) is 12.5 Å². The predicted octanol–water partition coefficient (Wildman–Crippen LogP) is 1.04. The van der Waals surface area contributed by atoms with Gasteiger partial charge in [0.05, 0.1) is 19.1 Å². The normalized spacial score (nSPS) is 27.5. The van der Waals surface area contributed by atoms with Gasteiger partial charge in [-0.2, -0.15) is 0 Å². The van der Waals surface area contributed by atoms with E-state index in [1.54, 1.807) is 0 Å². The molecule has 2 aliphatic heterocycles. The SMILES string of the molecule is CN1CCCC(N2CCC(OCCC(=O)O)CC2)C1. The first-order valence-corrected chi connectivity index (χ1v) is 7.41. The van der Waals surface area contributed by atoms with Gasteiger partial charge < -0.3 is 14.7 Å². The molecule has 2 fully saturated rings. The zero-order chi connectivity index (χ0) is 13.7. The van der Waals surface area contributed by atoms with Crippen LogP contribution in [0.4, 0.5) is 0 Å². The molecule has 0 aliphatic carbocycles. The molecule has 0 spiro atoms. The lowest BCUT2D eigenvalue weighted by molar-refractivity contribution is -0.138. The van der Waals surface area contributed by atoms with E-state index in [1.807, 2.05) is 0 Å². The predicted molar refractivity (Wildman–Crippen MR) is 73.3 cm³/mol. The molecule has 0 saturated carbocycles. The molecule has 5 nitrogen and oxygen atoms in total. The van der Waals surface area contributed by atoms with Crippen LogP contribution in [0.3, 0.4) is 0 Å². The van der Waals surface area contributed by atoms with Crippen LogP contribution in [0.5, 0.6) is 0 Å². The van der Waals surface area contributed by atoms with Crippen LogP contribution in [0.15, 0.2) is 0 Å². The van der Waals surface area contributed by atoms with Crippen molar-refractivity contribution in [2.75, 3.05) is 39.8 Å². The first kappa shape index (κ1) is 14.8. The minimum Gasteiger partial charge on any atom is -0.481 e. The molecule has 0 aromatic rings. The molecule has 1 unspecified atom stereocenters. The molecule has 0 radical (unpaired) electrons. The van der Waals surface area contributed by atoms with Crippen LogP contribution in [0.25, 0.3) is 0 Å². The number of likely N-dealkylation sites (tertiary alicyclic amines) is 2. The zero-order valence-electron chi connectivity index (χ0n) is 11.9. The Balaban J connectivity index is 1.65. The molecular weight excluding hydrogens is 244 g/mol. The Labute approximate surface area is 115 Å². The van der Waals surface area contributed by atoms with Crippen LogP contribution in [0.1, 0.15) is 32.1 Å². The molecule has 0 bridgehead atoms. The third-order valence-electron chi connectivity index (χ3n) is 4.26. The number of likely N-dealkylation sites (N-methyl/N-ethyl adjacent to an activating group) is 1. The quantitative estimate of drug-likeness (QED) is 0.809. The van der Waals surface area contributed by atoms with Gasteiger partial charge in [-0.15, -0.1) is 0 Å². The highest BCUT2D eigenvalue weighted by Crippen LogP contribution is 2.21. The molecule has 5 heteroatoms. The van der Waals surface area contributed by atoms with Crippen molar-refractivity contribution in [2.24, 2.45) is 0 Å². The van der Waals surface area contributed by atoms with Crippen molar-refractivity contribution in [3.05, 3.63) is 0 Å². The van der Waals surface area contributed by atoms with Gasteiger partial charge in [-0.3, -0.25) is 9.69 Å². The summed E-state index contributed by atoms with van der Waals surface area (Å²) in [7, 11) is 2.20. The van der Waals surface area contributed by atoms with Crippen LogP contribution in [-0.4, -0.2) is 72.9 Å².